The number of ether oxygens (including phenoxy) is 2. The van der Waals surface area contributed by atoms with E-state index in [0.717, 1.165) is 49.9 Å². The van der Waals surface area contributed by atoms with Gasteiger partial charge in [-0.25, -0.2) is 0 Å². The number of hydrogen-bond acceptors (Lipinski definition) is 7. The van der Waals surface area contributed by atoms with Gasteiger partial charge in [-0.05, 0) is 174 Å². The second-order valence-corrected chi connectivity index (χ2v) is 17.1. The molecule has 0 aliphatic carbocycles. The van der Waals surface area contributed by atoms with Crippen molar-refractivity contribution in [1.29, 1.82) is 0 Å². The minimum Gasteiger partial charge on any atom is -0.487 e. The van der Waals surface area contributed by atoms with Crippen molar-refractivity contribution < 1.29 is 34.1 Å². The first-order valence-corrected chi connectivity index (χ1v) is 21.5. The summed E-state index contributed by atoms with van der Waals surface area (Å²) < 4.78 is 14.6. The van der Waals surface area contributed by atoms with Crippen molar-refractivity contribution in [3.63, 3.8) is 0 Å². The Balaban J connectivity index is 0.000000301. The number of carbonyl (C=O) groups is 3. The molecule has 4 aromatic carbocycles. The fourth-order valence-electron chi connectivity index (χ4n) is 4.95. The monoisotopic (exact) mass is 1060 g/mol. The van der Waals surface area contributed by atoms with Crippen LogP contribution in [0.5, 0.6) is 11.5 Å². The molecule has 0 saturated heterocycles. The highest BCUT2D eigenvalue weighted by Crippen LogP contribution is 2.37. The van der Waals surface area contributed by atoms with E-state index < -0.39 is 24.4 Å². The maximum atomic E-state index is 12.1. The van der Waals surface area contributed by atoms with Gasteiger partial charge in [-0.2, -0.15) is 0 Å². The Morgan fingerprint density at radius 2 is 1.07 bits per heavy atom. The molecule has 0 saturated carbocycles. The lowest BCUT2D eigenvalue weighted by Gasteiger charge is -2.16. The molecule has 0 aliphatic rings. The topological polar surface area (TPSA) is 146 Å². The molecule has 2 unspecified atom stereocenters. The summed E-state index contributed by atoms with van der Waals surface area (Å²) in [6.45, 7) is 8.64. The number of rotatable bonds is 18. The number of carboxylic acids is 2. The summed E-state index contributed by atoms with van der Waals surface area (Å²) in [5, 5.41) is 27.9. The van der Waals surface area contributed by atoms with Gasteiger partial charge in [-0.1, -0.05) is 37.0 Å². The number of halogens is 6. The van der Waals surface area contributed by atoms with E-state index in [0.29, 0.717) is 61.2 Å². The summed E-state index contributed by atoms with van der Waals surface area (Å²) in [5.41, 5.74) is 4.98. The van der Waals surface area contributed by atoms with Crippen LogP contribution in [0.1, 0.15) is 74.0 Å². The highest BCUT2D eigenvalue weighted by atomic mass is 79.9. The Morgan fingerprint density at radius 1 is 0.643 bits per heavy atom. The van der Waals surface area contributed by atoms with E-state index in [2.05, 4.69) is 107 Å². The second-order valence-electron chi connectivity index (χ2n) is 12.8. The number of nitrogens with one attached hydrogen (secondary N) is 3. The average molecular weight is 1070 g/mol. The van der Waals surface area contributed by atoms with Gasteiger partial charge < -0.3 is 35.6 Å². The lowest BCUT2D eigenvalue weighted by Crippen LogP contribution is -2.29. The Bertz CT molecular complexity index is 1960. The van der Waals surface area contributed by atoms with Crippen molar-refractivity contribution in [3.8, 4) is 11.5 Å². The normalized spacial score (nSPS) is 11.8. The quantitative estimate of drug-likeness (QED) is 0.0657. The Labute approximate surface area is 370 Å². The number of carbonyl (C=O) groups excluding carboxylic acids is 1. The van der Waals surface area contributed by atoms with Gasteiger partial charge in [-0.3, -0.25) is 14.4 Å². The summed E-state index contributed by atoms with van der Waals surface area (Å²) in [6.07, 6.45) is 2.57. The molecule has 302 valence electrons. The first-order valence-electron chi connectivity index (χ1n) is 17.5. The number of benzene rings is 4. The Hall–Kier alpha value is -3.01. The minimum absolute atomic E-state index is 0.0908. The number of aryl methyl sites for hydroxylation is 1. The van der Waals surface area contributed by atoms with Crippen molar-refractivity contribution in [2.24, 2.45) is 0 Å². The molecule has 5 N–H and O–H groups in total. The second kappa shape index (κ2) is 23.4. The Morgan fingerprint density at radius 3 is 1.46 bits per heavy atom. The van der Waals surface area contributed by atoms with E-state index in [9.17, 15) is 14.4 Å². The maximum absolute atomic E-state index is 12.1. The number of hydrogen-bond donors (Lipinski definition) is 5. The molecular weight excluding hydrogens is 1020 g/mol. The summed E-state index contributed by atoms with van der Waals surface area (Å²) >= 11 is 26.3. The molecule has 0 radical (unpaired) electrons. The molecule has 0 fully saturated rings. The molecule has 16 heteroatoms. The van der Waals surface area contributed by atoms with Gasteiger partial charge in [-0.15, -0.1) is 0 Å². The van der Waals surface area contributed by atoms with E-state index in [4.69, 9.17) is 42.9 Å². The fourth-order valence-corrected chi connectivity index (χ4v) is 8.39. The van der Waals surface area contributed by atoms with Gasteiger partial charge in [0.15, 0.2) is 0 Å². The molecule has 0 spiro atoms. The third-order valence-electron chi connectivity index (χ3n) is 8.08. The Kier molecular flexibility index (Phi) is 19.8. The van der Waals surface area contributed by atoms with Gasteiger partial charge >= 0.3 is 11.9 Å². The van der Waals surface area contributed by atoms with E-state index in [-0.39, 0.29) is 13.0 Å². The van der Waals surface area contributed by atoms with E-state index >= 15 is 0 Å². The van der Waals surface area contributed by atoms with Gasteiger partial charge in [0.05, 0.1) is 17.9 Å². The van der Waals surface area contributed by atoms with Crippen LogP contribution < -0.4 is 25.4 Å². The minimum atomic E-state index is -1.11. The van der Waals surface area contributed by atoms with E-state index in [1.807, 2.05) is 48.5 Å². The first kappa shape index (κ1) is 47.4. The average Bonchev–Trinajstić information content (AvgIpc) is 3.11. The number of anilines is 2. The molecule has 0 bridgehead atoms. The van der Waals surface area contributed by atoms with Crippen molar-refractivity contribution in [2.75, 3.05) is 17.2 Å². The standard InChI is InChI=1S/C20H21Br2ClN2O4.C20H22Br2ClNO3/c1-3-11(2)25-15-5-12(4-14(23)8-15)10-29-19-16(21)6-13(7-17(19)22)20(28)24-9-18(26)27;1-3-12(2)24-16-7-14(6-15(23)10-16)11-27-20-17(21)8-13(9-18(20)22)4-5-19(25)26/h4-8,11,25H,3,9-10H2,1-2H3,(H,24,28)(H,26,27);6-10,12,24H,3-5,11H2,1-2H3,(H,25,26). The van der Waals surface area contributed by atoms with Crippen LogP contribution in [0.2, 0.25) is 10.0 Å². The van der Waals surface area contributed by atoms with E-state index in [1.54, 1.807) is 12.1 Å². The smallest absolute Gasteiger partial charge is 0.322 e. The maximum Gasteiger partial charge on any atom is 0.322 e. The van der Waals surface area contributed by atoms with Gasteiger partial charge in [0, 0.05) is 45.5 Å². The molecular formula is C40H43Br4Cl2N3O7. The van der Waals surface area contributed by atoms with Gasteiger partial charge in [0.1, 0.15) is 31.3 Å². The highest BCUT2D eigenvalue weighted by Gasteiger charge is 2.16. The molecule has 1 amide bonds. The third-order valence-corrected chi connectivity index (χ3v) is 10.9. The van der Waals surface area contributed by atoms with Crippen LogP contribution in [-0.4, -0.2) is 46.7 Å². The molecule has 56 heavy (non-hydrogen) atoms. The van der Waals surface area contributed by atoms with Crippen LogP contribution in [0, 0.1) is 0 Å². The zero-order chi connectivity index (χ0) is 41.5. The highest BCUT2D eigenvalue weighted by molar-refractivity contribution is 9.11. The predicted octanol–water partition coefficient (Wildman–Crippen LogP) is 12.1. The van der Waals surface area contributed by atoms with Crippen LogP contribution in [0.25, 0.3) is 0 Å². The van der Waals surface area contributed by atoms with Crippen LogP contribution in [0.3, 0.4) is 0 Å². The molecule has 4 rings (SSSR count). The first-order chi connectivity index (χ1) is 26.5. The van der Waals surface area contributed by atoms with Crippen LogP contribution in [0.15, 0.2) is 78.6 Å². The summed E-state index contributed by atoms with van der Waals surface area (Å²) in [7, 11) is 0. The van der Waals surface area contributed by atoms with Gasteiger partial charge in [0.2, 0.25) is 0 Å². The molecule has 10 nitrogen and oxygen atoms in total. The molecule has 4 aromatic rings. The van der Waals surface area contributed by atoms with Crippen molar-refractivity contribution in [2.45, 2.75) is 78.7 Å². The molecule has 0 aromatic heterocycles. The zero-order valence-electron chi connectivity index (χ0n) is 31.1. The molecule has 2 atom stereocenters. The van der Waals surface area contributed by atoms with Crippen LogP contribution in [0.4, 0.5) is 11.4 Å². The predicted molar refractivity (Wildman–Crippen MR) is 238 cm³/mol. The largest absolute Gasteiger partial charge is 0.487 e. The van der Waals surface area contributed by atoms with Crippen molar-refractivity contribution in [3.05, 3.63) is 111 Å². The van der Waals surface area contributed by atoms with Crippen LogP contribution >= 0.6 is 86.9 Å². The summed E-state index contributed by atoms with van der Waals surface area (Å²) in [4.78, 5) is 33.4. The SMILES string of the molecule is CCC(C)Nc1cc(Cl)cc(COc2c(Br)cc(C(=O)NCC(=O)O)cc2Br)c1.CCC(C)Nc1cc(Cl)cc(COc2c(Br)cc(CCC(=O)O)cc2Br)c1. The van der Waals surface area contributed by atoms with Crippen LogP contribution in [-0.2, 0) is 29.2 Å². The third kappa shape index (κ3) is 16.1. The summed E-state index contributed by atoms with van der Waals surface area (Å²) in [6, 6.07) is 19.1. The molecule has 0 aliphatic heterocycles. The van der Waals surface area contributed by atoms with E-state index in [1.165, 1.54) is 0 Å². The van der Waals surface area contributed by atoms with Crippen molar-refractivity contribution >= 4 is 116 Å². The number of amides is 1. The lowest BCUT2D eigenvalue weighted by molar-refractivity contribution is -0.137. The van der Waals surface area contributed by atoms with Gasteiger partial charge in [0.25, 0.3) is 5.91 Å². The number of aliphatic carboxylic acids is 2. The summed E-state index contributed by atoms with van der Waals surface area (Å²) in [5.74, 6) is -1.22. The fraction of sp³-hybridized carbons (Fsp3) is 0.325. The number of carboxylic acid groups (broad SMARTS) is 2. The lowest BCUT2D eigenvalue weighted by atomic mass is 10.1. The molecule has 0 heterocycles. The van der Waals surface area contributed by atoms with Crippen molar-refractivity contribution in [1.82, 2.24) is 5.32 Å². The zero-order valence-corrected chi connectivity index (χ0v) is 38.9.